The largest absolute Gasteiger partial charge is 0.359 e. The van der Waals surface area contributed by atoms with Crippen molar-refractivity contribution in [2.24, 2.45) is 0 Å². The van der Waals surface area contributed by atoms with Crippen LogP contribution in [0.15, 0.2) is 4.63 Å². The van der Waals surface area contributed by atoms with Crippen LogP contribution in [0, 0.1) is 5.21 Å². The lowest BCUT2D eigenvalue weighted by Gasteiger charge is -2.02. The molecule has 0 bridgehead atoms. The number of rotatable bonds is 1. The van der Waals surface area contributed by atoms with Gasteiger partial charge in [-0.2, -0.15) is 0 Å². The molecule has 1 aliphatic rings. The first-order valence-electron chi connectivity index (χ1n) is 3.91. The van der Waals surface area contributed by atoms with Crippen LogP contribution < -0.4 is 4.90 Å². The van der Waals surface area contributed by atoms with E-state index >= 15 is 0 Å². The maximum atomic E-state index is 11.0. The second-order valence-corrected chi connectivity index (χ2v) is 2.91. The van der Waals surface area contributed by atoms with Gasteiger partial charge in [0.25, 0.3) is 0 Å². The van der Waals surface area contributed by atoms with Crippen molar-refractivity contribution in [1.29, 1.82) is 0 Å². The van der Waals surface area contributed by atoms with E-state index in [1.807, 2.05) is 0 Å². The number of hydrogen-bond donors (Lipinski definition) is 0. The van der Waals surface area contributed by atoms with Gasteiger partial charge in [0.2, 0.25) is 11.4 Å². The quantitative estimate of drug-likeness (QED) is 0.561. The minimum absolute atomic E-state index is 0.369. The van der Waals surface area contributed by atoms with Gasteiger partial charge in [-0.25, -0.2) is 0 Å². The minimum atomic E-state index is 0.369. The lowest BCUT2D eigenvalue weighted by Crippen LogP contribution is -2.28. The molecule has 1 aliphatic carbocycles. The van der Waals surface area contributed by atoms with Crippen molar-refractivity contribution in [1.82, 2.24) is 5.16 Å². The fourth-order valence-electron chi connectivity index (χ4n) is 1.69. The predicted octanol–water partition coefficient (Wildman–Crippen LogP) is 0.748. The Morgan fingerprint density at radius 1 is 1.82 bits per heavy atom. The Morgan fingerprint density at radius 2 is 2.64 bits per heavy atom. The smallest absolute Gasteiger partial charge is 0.221 e. The van der Waals surface area contributed by atoms with Gasteiger partial charge in [-0.1, -0.05) is 6.92 Å². The molecule has 0 radical (unpaired) electrons. The zero-order valence-electron chi connectivity index (χ0n) is 6.41. The Kier molecular flexibility index (Phi) is 1.34. The molecule has 0 fully saturated rings. The van der Waals surface area contributed by atoms with E-state index in [0.717, 1.165) is 30.7 Å². The number of nitrogens with zero attached hydrogens (tertiary/aromatic N) is 2. The molecule has 0 aromatic carbocycles. The summed E-state index contributed by atoms with van der Waals surface area (Å²) in [5.41, 5.74) is 1.61. The highest BCUT2D eigenvalue weighted by atomic mass is 16.8. The molecular formula is C7H10N2O2. The van der Waals surface area contributed by atoms with E-state index in [-0.39, 0.29) is 0 Å². The maximum absolute atomic E-state index is 11.0. The summed E-state index contributed by atoms with van der Waals surface area (Å²) in [5, 5.41) is 14.6. The third-order valence-corrected chi connectivity index (χ3v) is 2.33. The second-order valence-electron chi connectivity index (χ2n) is 2.91. The molecule has 0 saturated heterocycles. The van der Waals surface area contributed by atoms with E-state index in [0.29, 0.717) is 10.8 Å². The zero-order valence-corrected chi connectivity index (χ0v) is 6.41. The van der Waals surface area contributed by atoms with Crippen molar-refractivity contribution in [3.8, 4) is 0 Å². The Balaban J connectivity index is 2.42. The monoisotopic (exact) mass is 154 g/mol. The van der Waals surface area contributed by atoms with Crippen molar-refractivity contribution in [3.05, 3.63) is 16.6 Å². The molecule has 1 unspecified atom stereocenters. The van der Waals surface area contributed by atoms with Crippen LogP contribution >= 0.6 is 0 Å². The van der Waals surface area contributed by atoms with Gasteiger partial charge in [0.15, 0.2) is 0 Å². The second kappa shape index (κ2) is 2.22. The molecule has 1 aromatic heterocycles. The van der Waals surface area contributed by atoms with Gasteiger partial charge in [0.05, 0.1) is 0 Å². The van der Waals surface area contributed by atoms with Gasteiger partial charge in [0, 0.05) is 17.5 Å². The fraction of sp³-hybridized carbons (Fsp3) is 0.714. The van der Waals surface area contributed by atoms with Crippen LogP contribution in [0.1, 0.15) is 37.1 Å². The molecule has 60 valence electrons. The molecule has 1 atom stereocenters. The van der Waals surface area contributed by atoms with Crippen LogP contribution in [0.3, 0.4) is 0 Å². The zero-order chi connectivity index (χ0) is 7.84. The Hall–Kier alpha value is -1.06. The Morgan fingerprint density at radius 3 is 3.36 bits per heavy atom. The fourth-order valence-corrected chi connectivity index (χ4v) is 1.69. The van der Waals surface area contributed by atoms with E-state index < -0.39 is 0 Å². The summed E-state index contributed by atoms with van der Waals surface area (Å²) < 4.78 is 4.48. The van der Waals surface area contributed by atoms with E-state index in [4.69, 9.17) is 0 Å². The van der Waals surface area contributed by atoms with Crippen LogP contribution in [0.4, 0.5) is 0 Å². The molecule has 0 amide bonds. The van der Waals surface area contributed by atoms with Crippen molar-refractivity contribution < 1.29 is 9.53 Å². The molecule has 4 heteroatoms. The lowest BCUT2D eigenvalue weighted by atomic mass is 10.1. The van der Waals surface area contributed by atoms with Crippen LogP contribution in [0.25, 0.3) is 0 Å². The molecule has 2 rings (SSSR count). The molecule has 0 aliphatic heterocycles. The highest BCUT2D eigenvalue weighted by Gasteiger charge is 2.32. The summed E-state index contributed by atoms with van der Waals surface area (Å²) >= 11 is 0. The van der Waals surface area contributed by atoms with Gasteiger partial charge in [0.1, 0.15) is 0 Å². The number of fused-ring (bicyclic) bond motifs is 1. The van der Waals surface area contributed by atoms with Crippen LogP contribution in [0.5, 0.6) is 0 Å². The van der Waals surface area contributed by atoms with Crippen molar-refractivity contribution in [2.45, 2.75) is 32.1 Å². The minimum Gasteiger partial charge on any atom is -0.359 e. The van der Waals surface area contributed by atoms with Gasteiger partial charge < -0.3 is 5.21 Å². The number of aryl methyl sites for hydroxylation is 1. The SMILES string of the molecule is CCC1CCc2no[n+]([O-])c21. The summed E-state index contributed by atoms with van der Waals surface area (Å²) in [7, 11) is 0. The predicted molar refractivity (Wildman–Crippen MR) is 36.8 cm³/mol. The maximum Gasteiger partial charge on any atom is 0.221 e. The van der Waals surface area contributed by atoms with Crippen LogP contribution in [-0.4, -0.2) is 5.16 Å². The molecule has 11 heavy (non-hydrogen) atoms. The molecule has 0 spiro atoms. The standard InChI is InChI=1S/C7H10N2O2/c1-2-5-3-4-6-7(5)9(10)11-8-6/h5H,2-4H2,1H3. The Bertz CT molecular complexity index is 269. The molecule has 1 heterocycles. The van der Waals surface area contributed by atoms with Crippen LogP contribution in [-0.2, 0) is 6.42 Å². The van der Waals surface area contributed by atoms with E-state index in [1.165, 1.54) is 0 Å². The first-order chi connectivity index (χ1) is 5.33. The molecule has 0 N–H and O–H groups in total. The molecule has 1 aromatic rings. The third-order valence-electron chi connectivity index (χ3n) is 2.33. The average Bonchev–Trinajstić information content (AvgIpc) is 2.54. The lowest BCUT2D eigenvalue weighted by molar-refractivity contribution is -0.808. The normalized spacial score (nSPS) is 22.1. The first kappa shape index (κ1) is 6.64. The van der Waals surface area contributed by atoms with E-state index in [2.05, 4.69) is 16.7 Å². The molecule has 0 saturated carbocycles. The highest BCUT2D eigenvalue weighted by Crippen LogP contribution is 2.31. The third kappa shape index (κ3) is 0.818. The summed E-state index contributed by atoms with van der Waals surface area (Å²) in [6.45, 7) is 2.08. The van der Waals surface area contributed by atoms with Gasteiger partial charge in [-0.15, -0.1) is 0 Å². The number of hydrogen-bond acceptors (Lipinski definition) is 3. The highest BCUT2D eigenvalue weighted by molar-refractivity contribution is 5.15. The summed E-state index contributed by atoms with van der Waals surface area (Å²) in [6.07, 6.45) is 2.94. The molecule has 4 nitrogen and oxygen atoms in total. The summed E-state index contributed by atoms with van der Waals surface area (Å²) in [6, 6.07) is 0. The number of aromatic nitrogens is 2. The molecular weight excluding hydrogens is 144 g/mol. The van der Waals surface area contributed by atoms with Gasteiger partial charge in [-0.3, -0.25) is 4.63 Å². The van der Waals surface area contributed by atoms with E-state index in [1.54, 1.807) is 0 Å². The van der Waals surface area contributed by atoms with Crippen LogP contribution in [0.2, 0.25) is 0 Å². The topological polar surface area (TPSA) is 53.0 Å². The summed E-state index contributed by atoms with van der Waals surface area (Å²) in [4.78, 5) is 0.552. The van der Waals surface area contributed by atoms with Gasteiger partial charge in [-0.05, 0) is 17.7 Å². The van der Waals surface area contributed by atoms with Gasteiger partial charge >= 0.3 is 0 Å². The van der Waals surface area contributed by atoms with Crippen molar-refractivity contribution in [3.63, 3.8) is 0 Å². The average molecular weight is 154 g/mol. The Labute approximate surface area is 64.3 Å². The van der Waals surface area contributed by atoms with Crippen molar-refractivity contribution in [2.75, 3.05) is 0 Å². The summed E-state index contributed by atoms with van der Waals surface area (Å²) in [5.74, 6) is 0.369. The van der Waals surface area contributed by atoms with E-state index in [9.17, 15) is 5.21 Å². The van der Waals surface area contributed by atoms with Crippen molar-refractivity contribution >= 4 is 0 Å². The first-order valence-corrected chi connectivity index (χ1v) is 3.91.